The summed E-state index contributed by atoms with van der Waals surface area (Å²) >= 11 is 1.76. The molecule has 11 heavy (non-hydrogen) atoms. The number of thioether (sulfide) groups is 1. The maximum absolute atomic E-state index is 4.18. The number of aromatic amines is 1. The van der Waals surface area contributed by atoms with Crippen molar-refractivity contribution in [3.05, 3.63) is 41.9 Å². The highest BCUT2D eigenvalue weighted by atomic mass is 32.2. The molecule has 0 radical (unpaired) electrons. The van der Waals surface area contributed by atoms with Crippen LogP contribution in [0.4, 0.5) is 0 Å². The lowest BCUT2D eigenvalue weighted by Gasteiger charge is -2.07. The average Bonchev–Trinajstić information content (AvgIpc) is 2.58. The number of nitrogens with one attached hydrogen (secondary N) is 1. The first-order valence-electron chi connectivity index (χ1n) is 3.45. The highest BCUT2D eigenvalue weighted by Crippen LogP contribution is 2.30. The van der Waals surface area contributed by atoms with E-state index in [1.807, 2.05) is 18.3 Å². The Morgan fingerprint density at radius 2 is 2.45 bits per heavy atom. The Hall–Kier alpha value is -0.960. The molecule has 2 rings (SSSR count). The van der Waals surface area contributed by atoms with Crippen LogP contribution < -0.4 is 0 Å². The first kappa shape index (κ1) is 6.73. The largest absolute Gasteiger partial charge is 0.347 e. The van der Waals surface area contributed by atoms with Crippen molar-refractivity contribution in [2.45, 2.75) is 5.25 Å². The number of imidazole rings is 1. The summed E-state index contributed by atoms with van der Waals surface area (Å²) in [5.41, 5.74) is 0. The van der Waals surface area contributed by atoms with Gasteiger partial charge in [-0.25, -0.2) is 4.98 Å². The average molecular weight is 164 g/mol. The zero-order chi connectivity index (χ0) is 7.52. The molecule has 1 unspecified atom stereocenters. The fourth-order valence-electron chi connectivity index (χ4n) is 0.974. The molecule has 0 bridgehead atoms. The van der Waals surface area contributed by atoms with Gasteiger partial charge in [0.1, 0.15) is 5.82 Å². The van der Waals surface area contributed by atoms with Gasteiger partial charge in [0.25, 0.3) is 0 Å². The molecule has 3 heteroatoms. The molecule has 1 aromatic rings. The maximum atomic E-state index is 4.18. The highest BCUT2D eigenvalue weighted by Gasteiger charge is 2.09. The number of allylic oxidation sites excluding steroid dienone is 2. The minimum Gasteiger partial charge on any atom is -0.347 e. The van der Waals surface area contributed by atoms with Gasteiger partial charge in [-0.1, -0.05) is 18.2 Å². The van der Waals surface area contributed by atoms with Crippen LogP contribution in [0.2, 0.25) is 0 Å². The van der Waals surface area contributed by atoms with Crippen molar-refractivity contribution < 1.29 is 0 Å². The summed E-state index contributed by atoms with van der Waals surface area (Å²) in [6.07, 6.45) is 9.83. The van der Waals surface area contributed by atoms with Gasteiger partial charge >= 0.3 is 0 Å². The van der Waals surface area contributed by atoms with Gasteiger partial charge in [0.05, 0.1) is 5.25 Å². The number of aromatic nitrogens is 2. The third-order valence-electron chi connectivity index (χ3n) is 1.49. The van der Waals surface area contributed by atoms with Gasteiger partial charge in [-0.15, -0.1) is 11.8 Å². The smallest absolute Gasteiger partial charge is 0.123 e. The van der Waals surface area contributed by atoms with Crippen LogP contribution in [0.25, 0.3) is 0 Å². The van der Waals surface area contributed by atoms with Crippen molar-refractivity contribution in [2.24, 2.45) is 0 Å². The van der Waals surface area contributed by atoms with Crippen LogP contribution in [-0.2, 0) is 0 Å². The Morgan fingerprint density at radius 3 is 3.09 bits per heavy atom. The number of H-pyrrole nitrogens is 1. The predicted molar refractivity (Wildman–Crippen MR) is 47.2 cm³/mol. The third kappa shape index (κ3) is 1.38. The van der Waals surface area contributed by atoms with E-state index in [1.54, 1.807) is 18.0 Å². The molecular weight excluding hydrogens is 156 g/mol. The van der Waals surface area contributed by atoms with E-state index in [-0.39, 0.29) is 0 Å². The lowest BCUT2D eigenvalue weighted by Crippen LogP contribution is -1.92. The van der Waals surface area contributed by atoms with E-state index < -0.39 is 0 Å². The SMILES string of the molecule is C1=CSC(c2ncc[nH]2)C=C1. The fourth-order valence-corrected chi connectivity index (χ4v) is 1.76. The van der Waals surface area contributed by atoms with Gasteiger partial charge < -0.3 is 4.98 Å². The van der Waals surface area contributed by atoms with Crippen LogP contribution in [0.3, 0.4) is 0 Å². The summed E-state index contributed by atoms with van der Waals surface area (Å²) in [4.78, 5) is 7.27. The zero-order valence-corrected chi connectivity index (χ0v) is 6.71. The molecule has 1 aliphatic rings. The standard InChI is InChI=1S/C8H8N2S/c1-2-6-11-7(3-1)8-9-4-5-10-8/h1-7H,(H,9,10). The third-order valence-corrected chi connectivity index (χ3v) is 2.48. The van der Waals surface area contributed by atoms with E-state index in [0.29, 0.717) is 5.25 Å². The molecule has 1 N–H and O–H groups in total. The van der Waals surface area contributed by atoms with Gasteiger partial charge in [-0.05, 0) is 5.41 Å². The second kappa shape index (κ2) is 2.96. The van der Waals surface area contributed by atoms with Crippen molar-refractivity contribution in [3.8, 4) is 0 Å². The van der Waals surface area contributed by atoms with Crippen LogP contribution in [-0.4, -0.2) is 9.97 Å². The Bertz CT molecular complexity index is 274. The van der Waals surface area contributed by atoms with Crippen molar-refractivity contribution in [1.82, 2.24) is 9.97 Å². The van der Waals surface area contributed by atoms with Crippen LogP contribution in [0, 0.1) is 0 Å². The second-order valence-corrected chi connectivity index (χ2v) is 3.30. The normalized spacial score (nSPS) is 22.4. The number of nitrogens with zero attached hydrogens (tertiary/aromatic N) is 1. The summed E-state index contributed by atoms with van der Waals surface area (Å²) in [5.74, 6) is 1.02. The van der Waals surface area contributed by atoms with Crippen LogP contribution >= 0.6 is 11.8 Å². The summed E-state index contributed by atoms with van der Waals surface area (Å²) in [5, 5.41) is 2.45. The van der Waals surface area contributed by atoms with Crippen LogP contribution in [0.1, 0.15) is 11.1 Å². The molecule has 0 spiro atoms. The zero-order valence-electron chi connectivity index (χ0n) is 5.90. The van der Waals surface area contributed by atoms with Crippen molar-refractivity contribution in [2.75, 3.05) is 0 Å². The van der Waals surface area contributed by atoms with Crippen molar-refractivity contribution in [1.29, 1.82) is 0 Å². The highest BCUT2D eigenvalue weighted by molar-refractivity contribution is 8.02. The summed E-state index contributed by atoms with van der Waals surface area (Å²) in [6, 6.07) is 0. The molecule has 0 aliphatic carbocycles. The van der Waals surface area contributed by atoms with Gasteiger partial charge in [-0.2, -0.15) is 0 Å². The molecule has 1 aliphatic heterocycles. The molecule has 1 aromatic heterocycles. The molecule has 2 nitrogen and oxygen atoms in total. The number of hydrogen-bond acceptors (Lipinski definition) is 2. The Kier molecular flexibility index (Phi) is 1.81. The first-order chi connectivity index (χ1) is 5.47. The molecular formula is C8H8N2S. The Morgan fingerprint density at radius 1 is 1.45 bits per heavy atom. The Labute approximate surface area is 69.4 Å². The van der Waals surface area contributed by atoms with Gasteiger partial charge in [0.15, 0.2) is 0 Å². The van der Waals surface area contributed by atoms with E-state index in [1.165, 1.54) is 0 Å². The van der Waals surface area contributed by atoms with Gasteiger partial charge in [0, 0.05) is 12.4 Å². The molecule has 0 saturated heterocycles. The molecule has 2 heterocycles. The number of rotatable bonds is 1. The van der Waals surface area contributed by atoms with E-state index >= 15 is 0 Å². The van der Waals surface area contributed by atoms with Crippen molar-refractivity contribution in [3.63, 3.8) is 0 Å². The molecule has 56 valence electrons. The first-order valence-corrected chi connectivity index (χ1v) is 4.39. The van der Waals surface area contributed by atoms with Crippen molar-refractivity contribution >= 4 is 11.8 Å². The molecule has 1 atom stereocenters. The van der Waals surface area contributed by atoms with E-state index in [4.69, 9.17) is 0 Å². The van der Waals surface area contributed by atoms with E-state index in [0.717, 1.165) is 5.82 Å². The van der Waals surface area contributed by atoms with Crippen LogP contribution in [0.15, 0.2) is 36.0 Å². The molecule has 0 fully saturated rings. The predicted octanol–water partition coefficient (Wildman–Crippen LogP) is 2.27. The lowest BCUT2D eigenvalue weighted by atomic mass is 10.3. The molecule has 0 saturated carbocycles. The summed E-state index contributed by atoms with van der Waals surface area (Å²) in [7, 11) is 0. The topological polar surface area (TPSA) is 28.7 Å². The van der Waals surface area contributed by atoms with Crippen LogP contribution in [0.5, 0.6) is 0 Å². The lowest BCUT2D eigenvalue weighted by molar-refractivity contribution is 1.04. The minimum absolute atomic E-state index is 0.370. The fraction of sp³-hybridized carbons (Fsp3) is 0.125. The van der Waals surface area contributed by atoms with Gasteiger partial charge in [-0.3, -0.25) is 0 Å². The Balaban J connectivity index is 2.19. The van der Waals surface area contributed by atoms with E-state index in [9.17, 15) is 0 Å². The monoisotopic (exact) mass is 164 g/mol. The maximum Gasteiger partial charge on any atom is 0.123 e. The second-order valence-electron chi connectivity index (χ2n) is 2.24. The molecule has 0 aromatic carbocycles. The molecule has 0 amide bonds. The minimum atomic E-state index is 0.370. The van der Waals surface area contributed by atoms with E-state index in [2.05, 4.69) is 21.5 Å². The number of hydrogen-bond donors (Lipinski definition) is 1. The van der Waals surface area contributed by atoms with Gasteiger partial charge in [0.2, 0.25) is 0 Å². The summed E-state index contributed by atoms with van der Waals surface area (Å²) in [6.45, 7) is 0. The quantitative estimate of drug-likeness (QED) is 0.689. The summed E-state index contributed by atoms with van der Waals surface area (Å²) < 4.78 is 0.